The van der Waals surface area contributed by atoms with Gasteiger partial charge in [-0.3, -0.25) is 4.79 Å². The van der Waals surface area contributed by atoms with E-state index >= 15 is 0 Å². The molecule has 3 nitrogen and oxygen atoms in total. The van der Waals surface area contributed by atoms with Gasteiger partial charge in [-0.1, -0.05) is 58.3 Å². The zero-order valence-electron chi connectivity index (χ0n) is 20.7. The third-order valence-corrected chi connectivity index (χ3v) is 9.12. The molecule has 4 unspecified atom stereocenters. The van der Waals surface area contributed by atoms with Gasteiger partial charge in [-0.25, -0.2) is 4.39 Å². The zero-order valence-corrected chi connectivity index (χ0v) is 20.7. The Kier molecular flexibility index (Phi) is 8.71. The minimum absolute atomic E-state index is 0.0207. The molecule has 1 aromatic rings. The molecule has 3 fully saturated rings. The Labute approximate surface area is 199 Å². The molecule has 33 heavy (non-hydrogen) atoms. The molecule has 0 saturated heterocycles. The van der Waals surface area contributed by atoms with Crippen LogP contribution in [-0.2, 0) is 4.79 Å². The highest BCUT2D eigenvalue weighted by Crippen LogP contribution is 2.50. The van der Waals surface area contributed by atoms with Crippen molar-refractivity contribution in [2.75, 3.05) is 7.11 Å². The lowest BCUT2D eigenvalue weighted by Gasteiger charge is -2.46. The van der Waals surface area contributed by atoms with Crippen LogP contribution in [0.3, 0.4) is 0 Å². The third kappa shape index (κ3) is 6.11. The van der Waals surface area contributed by atoms with Gasteiger partial charge >= 0.3 is 5.97 Å². The summed E-state index contributed by atoms with van der Waals surface area (Å²) in [5, 5.41) is 0. The molecule has 0 bridgehead atoms. The van der Waals surface area contributed by atoms with Gasteiger partial charge in [0.1, 0.15) is 5.75 Å². The van der Waals surface area contributed by atoms with E-state index in [4.69, 9.17) is 9.47 Å². The van der Waals surface area contributed by atoms with Crippen molar-refractivity contribution < 1.29 is 18.7 Å². The van der Waals surface area contributed by atoms with Crippen molar-refractivity contribution >= 4 is 5.97 Å². The second-order valence-electron chi connectivity index (χ2n) is 11.0. The smallest absolute Gasteiger partial charge is 0.314 e. The lowest BCUT2D eigenvalue weighted by Crippen LogP contribution is -2.40. The first kappa shape index (κ1) is 24.5. The van der Waals surface area contributed by atoms with Gasteiger partial charge in [-0.2, -0.15) is 0 Å². The van der Waals surface area contributed by atoms with E-state index in [9.17, 15) is 9.18 Å². The number of carbonyl (C=O) groups is 1. The van der Waals surface area contributed by atoms with Gasteiger partial charge < -0.3 is 9.47 Å². The number of rotatable bonds is 8. The molecular formula is C29H43FO3. The Balaban J connectivity index is 1.29. The van der Waals surface area contributed by atoms with Crippen molar-refractivity contribution in [3.63, 3.8) is 0 Å². The Hall–Kier alpha value is -1.58. The number of fused-ring (bicyclic) bond motifs is 1. The second-order valence-corrected chi connectivity index (χ2v) is 11.0. The van der Waals surface area contributed by atoms with E-state index < -0.39 is 5.82 Å². The molecule has 0 aliphatic heterocycles. The molecular weight excluding hydrogens is 415 g/mol. The summed E-state index contributed by atoms with van der Waals surface area (Å²) in [5.41, 5.74) is 0. The number of halogens is 1. The van der Waals surface area contributed by atoms with Crippen LogP contribution >= 0.6 is 0 Å². The first-order valence-corrected chi connectivity index (χ1v) is 13.6. The van der Waals surface area contributed by atoms with Crippen molar-refractivity contribution in [2.45, 2.75) is 96.8 Å². The molecule has 184 valence electrons. The maximum absolute atomic E-state index is 14.3. The van der Waals surface area contributed by atoms with Crippen molar-refractivity contribution in [3.05, 3.63) is 24.0 Å². The van der Waals surface area contributed by atoms with Crippen LogP contribution in [0, 0.1) is 41.3 Å². The topological polar surface area (TPSA) is 35.5 Å². The van der Waals surface area contributed by atoms with E-state index in [-0.39, 0.29) is 17.6 Å². The molecule has 4 atom stereocenters. The molecule has 3 aliphatic carbocycles. The van der Waals surface area contributed by atoms with Crippen LogP contribution in [0.4, 0.5) is 4.39 Å². The highest BCUT2D eigenvalue weighted by molar-refractivity contribution is 5.75. The van der Waals surface area contributed by atoms with Gasteiger partial charge in [0.15, 0.2) is 11.6 Å². The Bertz CT molecular complexity index is 770. The minimum atomic E-state index is -0.538. The maximum atomic E-state index is 14.3. The number of hydrogen-bond acceptors (Lipinski definition) is 3. The number of carbonyl (C=O) groups excluding carboxylic acids is 1. The molecule has 0 heterocycles. The molecule has 0 spiro atoms. The lowest BCUT2D eigenvalue weighted by atomic mass is 9.59. The van der Waals surface area contributed by atoms with Crippen LogP contribution < -0.4 is 9.47 Å². The van der Waals surface area contributed by atoms with Gasteiger partial charge in [0.2, 0.25) is 0 Å². The summed E-state index contributed by atoms with van der Waals surface area (Å²) < 4.78 is 24.9. The first-order valence-electron chi connectivity index (χ1n) is 13.6. The molecule has 4 heteroatoms. The van der Waals surface area contributed by atoms with Crippen LogP contribution in [0.15, 0.2) is 18.2 Å². The number of hydrogen-bond donors (Lipinski definition) is 0. The molecule has 0 N–H and O–H groups in total. The molecule has 0 radical (unpaired) electrons. The normalized spacial score (nSPS) is 32.1. The van der Waals surface area contributed by atoms with Crippen LogP contribution in [0.5, 0.6) is 11.5 Å². The van der Waals surface area contributed by atoms with Gasteiger partial charge in [-0.15, -0.1) is 0 Å². The fourth-order valence-corrected chi connectivity index (χ4v) is 7.23. The summed E-state index contributed by atoms with van der Waals surface area (Å²) in [6, 6.07) is 4.41. The molecule has 0 amide bonds. The standard InChI is InChI=1S/C29H43FO3/c1-3-4-5-7-20-10-12-21(13-11-20)22-14-16-25-23(18-22)8-6-9-26(25)29(31)33-28-17-15-24(32-2)19-27(28)30/h15,17,19-23,25-26H,3-14,16,18H2,1-2H3. The summed E-state index contributed by atoms with van der Waals surface area (Å²) in [4.78, 5) is 13.0. The zero-order chi connectivity index (χ0) is 23.2. The van der Waals surface area contributed by atoms with E-state index in [1.807, 2.05) is 0 Å². The molecule has 4 rings (SSSR count). The maximum Gasteiger partial charge on any atom is 0.314 e. The van der Waals surface area contributed by atoms with E-state index in [2.05, 4.69) is 6.92 Å². The Morgan fingerprint density at radius 1 is 0.970 bits per heavy atom. The number of ether oxygens (including phenoxy) is 2. The first-order chi connectivity index (χ1) is 16.1. The predicted molar refractivity (Wildman–Crippen MR) is 130 cm³/mol. The fourth-order valence-electron chi connectivity index (χ4n) is 7.23. The van der Waals surface area contributed by atoms with Crippen LogP contribution in [0.2, 0.25) is 0 Å². The average Bonchev–Trinajstić information content (AvgIpc) is 2.85. The monoisotopic (exact) mass is 458 g/mol. The fraction of sp³-hybridized carbons (Fsp3) is 0.759. The number of benzene rings is 1. The summed E-state index contributed by atoms with van der Waals surface area (Å²) in [5.74, 6) is 3.35. The minimum Gasteiger partial charge on any atom is -0.497 e. The Morgan fingerprint density at radius 2 is 1.76 bits per heavy atom. The van der Waals surface area contributed by atoms with Crippen molar-refractivity contribution in [3.8, 4) is 11.5 Å². The highest BCUT2D eigenvalue weighted by Gasteiger charge is 2.43. The van der Waals surface area contributed by atoms with Gasteiger partial charge in [0.25, 0.3) is 0 Å². The SMILES string of the molecule is CCCCCC1CCC(C2CCC3C(CCCC3C(=O)Oc3ccc(OC)cc3F)C2)CC1. The van der Waals surface area contributed by atoms with E-state index in [0.29, 0.717) is 17.6 Å². The largest absolute Gasteiger partial charge is 0.497 e. The number of unbranched alkanes of at least 4 members (excludes halogenated alkanes) is 2. The summed E-state index contributed by atoms with van der Waals surface area (Å²) in [6.07, 6.45) is 18.2. The van der Waals surface area contributed by atoms with E-state index in [1.165, 1.54) is 89.9 Å². The summed E-state index contributed by atoms with van der Waals surface area (Å²) in [7, 11) is 1.50. The molecule has 0 aromatic heterocycles. The number of methoxy groups -OCH3 is 1. The van der Waals surface area contributed by atoms with Crippen LogP contribution in [0.25, 0.3) is 0 Å². The van der Waals surface area contributed by atoms with Crippen LogP contribution in [0.1, 0.15) is 96.8 Å². The van der Waals surface area contributed by atoms with Crippen molar-refractivity contribution in [1.29, 1.82) is 0 Å². The van der Waals surface area contributed by atoms with E-state index in [0.717, 1.165) is 37.0 Å². The predicted octanol–water partition coefficient (Wildman–Crippen LogP) is 7.96. The van der Waals surface area contributed by atoms with Gasteiger partial charge in [-0.05, 0) is 80.2 Å². The van der Waals surface area contributed by atoms with Crippen molar-refractivity contribution in [2.24, 2.45) is 35.5 Å². The molecule has 1 aromatic carbocycles. The van der Waals surface area contributed by atoms with Crippen molar-refractivity contribution in [1.82, 2.24) is 0 Å². The molecule has 3 saturated carbocycles. The second kappa shape index (κ2) is 11.7. The summed E-state index contributed by atoms with van der Waals surface area (Å²) in [6.45, 7) is 2.29. The van der Waals surface area contributed by atoms with Gasteiger partial charge in [0, 0.05) is 6.07 Å². The lowest BCUT2D eigenvalue weighted by molar-refractivity contribution is -0.144. The highest BCUT2D eigenvalue weighted by atomic mass is 19.1. The van der Waals surface area contributed by atoms with Gasteiger partial charge in [0.05, 0.1) is 13.0 Å². The summed E-state index contributed by atoms with van der Waals surface area (Å²) >= 11 is 0. The third-order valence-electron chi connectivity index (χ3n) is 9.12. The average molecular weight is 459 g/mol. The van der Waals surface area contributed by atoms with E-state index in [1.54, 1.807) is 6.07 Å². The van der Waals surface area contributed by atoms with Crippen LogP contribution in [-0.4, -0.2) is 13.1 Å². The number of esters is 1. The Morgan fingerprint density at radius 3 is 2.48 bits per heavy atom. The molecule has 3 aliphatic rings. The quantitative estimate of drug-likeness (QED) is 0.225.